The van der Waals surface area contributed by atoms with Crippen molar-refractivity contribution in [2.45, 2.75) is 13.8 Å². The summed E-state index contributed by atoms with van der Waals surface area (Å²) in [7, 11) is 0. The number of carbonyl (C=O) groups excluding carboxylic acids is 1. The van der Waals surface area contributed by atoms with Crippen molar-refractivity contribution in [2.24, 2.45) is 0 Å². The highest BCUT2D eigenvalue weighted by Gasteiger charge is 2.03. The van der Waals surface area contributed by atoms with Gasteiger partial charge in [0.2, 0.25) is 0 Å². The van der Waals surface area contributed by atoms with E-state index < -0.39 is 0 Å². The highest BCUT2D eigenvalue weighted by atomic mass is 16.5. The molecule has 22 heavy (non-hydrogen) atoms. The molecule has 0 aliphatic heterocycles. The number of carbonyl (C=O) groups is 1. The number of aryl methyl sites for hydroxylation is 2. The third-order valence-corrected chi connectivity index (χ3v) is 3.28. The van der Waals surface area contributed by atoms with E-state index >= 15 is 0 Å². The van der Waals surface area contributed by atoms with Crippen molar-refractivity contribution < 1.29 is 14.3 Å². The Hall–Kier alpha value is -2.49. The number of ether oxygens (including phenoxy) is 2. The fourth-order valence-corrected chi connectivity index (χ4v) is 1.88. The third-order valence-electron chi connectivity index (χ3n) is 3.28. The van der Waals surface area contributed by atoms with Gasteiger partial charge in [-0.25, -0.2) is 0 Å². The van der Waals surface area contributed by atoms with Crippen molar-refractivity contribution in [1.82, 2.24) is 5.32 Å². The molecule has 4 nitrogen and oxygen atoms in total. The average molecular weight is 299 g/mol. The van der Waals surface area contributed by atoms with E-state index in [0.29, 0.717) is 18.9 Å². The predicted molar refractivity (Wildman–Crippen MR) is 86.4 cm³/mol. The Balaban J connectivity index is 1.64. The van der Waals surface area contributed by atoms with E-state index in [1.807, 2.05) is 62.4 Å². The highest BCUT2D eigenvalue weighted by molar-refractivity contribution is 5.77. The zero-order chi connectivity index (χ0) is 15.8. The summed E-state index contributed by atoms with van der Waals surface area (Å²) >= 11 is 0. The van der Waals surface area contributed by atoms with Gasteiger partial charge >= 0.3 is 0 Å². The largest absolute Gasteiger partial charge is 0.492 e. The molecule has 1 N–H and O–H groups in total. The Morgan fingerprint density at radius 3 is 2.45 bits per heavy atom. The molecule has 0 atom stereocenters. The van der Waals surface area contributed by atoms with Gasteiger partial charge < -0.3 is 14.8 Å². The Kier molecular flexibility index (Phi) is 5.83. The topological polar surface area (TPSA) is 47.6 Å². The molecule has 0 unspecified atom stereocenters. The molecule has 4 heteroatoms. The summed E-state index contributed by atoms with van der Waals surface area (Å²) in [6.07, 6.45) is 0. The molecule has 2 aromatic rings. The number of hydrogen-bond acceptors (Lipinski definition) is 3. The van der Waals surface area contributed by atoms with Gasteiger partial charge in [0.25, 0.3) is 5.91 Å². The minimum absolute atomic E-state index is 0.00778. The standard InChI is InChI=1S/C18H21NO3/c1-14-8-9-17(12-15(14)2)22-13-18(20)19-10-11-21-16-6-4-3-5-7-16/h3-9,12H,10-11,13H2,1-2H3,(H,19,20). The van der Waals surface area contributed by atoms with Gasteiger partial charge in [0.15, 0.2) is 6.61 Å². The van der Waals surface area contributed by atoms with E-state index in [4.69, 9.17) is 9.47 Å². The van der Waals surface area contributed by atoms with Crippen LogP contribution >= 0.6 is 0 Å². The number of rotatable bonds is 7. The van der Waals surface area contributed by atoms with Crippen LogP contribution in [0.3, 0.4) is 0 Å². The van der Waals surface area contributed by atoms with Crippen molar-refractivity contribution in [3.63, 3.8) is 0 Å². The Morgan fingerprint density at radius 2 is 1.73 bits per heavy atom. The lowest BCUT2D eigenvalue weighted by molar-refractivity contribution is -0.123. The van der Waals surface area contributed by atoms with Crippen molar-refractivity contribution in [3.05, 3.63) is 59.7 Å². The second kappa shape index (κ2) is 8.08. The maximum absolute atomic E-state index is 11.7. The molecule has 0 saturated heterocycles. The first-order chi connectivity index (χ1) is 10.6. The van der Waals surface area contributed by atoms with Crippen LogP contribution in [-0.2, 0) is 4.79 Å². The Morgan fingerprint density at radius 1 is 0.955 bits per heavy atom. The van der Waals surface area contributed by atoms with Crippen molar-refractivity contribution in [2.75, 3.05) is 19.8 Å². The quantitative estimate of drug-likeness (QED) is 0.800. The third kappa shape index (κ3) is 5.13. The summed E-state index contributed by atoms with van der Waals surface area (Å²) in [6, 6.07) is 15.3. The molecule has 2 rings (SSSR count). The Bertz CT molecular complexity index is 611. The van der Waals surface area contributed by atoms with Crippen LogP contribution in [-0.4, -0.2) is 25.7 Å². The van der Waals surface area contributed by atoms with Crippen LogP contribution in [0.4, 0.5) is 0 Å². The van der Waals surface area contributed by atoms with Gasteiger partial charge in [-0.3, -0.25) is 4.79 Å². The molecule has 0 spiro atoms. The van der Waals surface area contributed by atoms with Crippen LogP contribution in [0.5, 0.6) is 11.5 Å². The molecule has 0 fully saturated rings. The molecule has 2 aromatic carbocycles. The van der Waals surface area contributed by atoms with E-state index in [1.54, 1.807) is 0 Å². The van der Waals surface area contributed by atoms with E-state index in [9.17, 15) is 4.79 Å². The molecule has 0 heterocycles. The van der Waals surface area contributed by atoms with Crippen LogP contribution in [0.1, 0.15) is 11.1 Å². The lowest BCUT2D eigenvalue weighted by atomic mass is 10.1. The molecule has 116 valence electrons. The molecular weight excluding hydrogens is 278 g/mol. The van der Waals surface area contributed by atoms with Gasteiger partial charge in [0, 0.05) is 0 Å². The van der Waals surface area contributed by atoms with Crippen LogP contribution in [0.15, 0.2) is 48.5 Å². The molecular formula is C18H21NO3. The summed E-state index contributed by atoms with van der Waals surface area (Å²) in [5.74, 6) is 1.34. The molecule has 1 amide bonds. The smallest absolute Gasteiger partial charge is 0.258 e. The molecule has 0 bridgehead atoms. The minimum atomic E-state index is -0.158. The summed E-state index contributed by atoms with van der Waals surface area (Å²) in [6.45, 7) is 4.94. The molecule has 0 saturated carbocycles. The summed E-state index contributed by atoms with van der Waals surface area (Å²) in [5, 5.41) is 2.76. The summed E-state index contributed by atoms with van der Waals surface area (Å²) < 4.78 is 11.0. The van der Waals surface area contributed by atoms with E-state index in [0.717, 1.165) is 11.3 Å². The van der Waals surface area contributed by atoms with Gasteiger partial charge in [-0.05, 0) is 49.2 Å². The lowest BCUT2D eigenvalue weighted by Gasteiger charge is -2.10. The Labute approximate surface area is 131 Å². The van der Waals surface area contributed by atoms with Crippen LogP contribution in [0.25, 0.3) is 0 Å². The van der Waals surface area contributed by atoms with Gasteiger partial charge in [-0.1, -0.05) is 24.3 Å². The number of hydrogen-bond donors (Lipinski definition) is 1. The van der Waals surface area contributed by atoms with Crippen molar-refractivity contribution >= 4 is 5.91 Å². The fraction of sp³-hybridized carbons (Fsp3) is 0.278. The lowest BCUT2D eigenvalue weighted by Crippen LogP contribution is -2.32. The monoisotopic (exact) mass is 299 g/mol. The maximum Gasteiger partial charge on any atom is 0.258 e. The zero-order valence-corrected chi connectivity index (χ0v) is 13.0. The second-order valence-corrected chi connectivity index (χ2v) is 5.05. The minimum Gasteiger partial charge on any atom is -0.492 e. The van der Waals surface area contributed by atoms with Crippen LogP contribution < -0.4 is 14.8 Å². The van der Waals surface area contributed by atoms with Gasteiger partial charge in [-0.15, -0.1) is 0 Å². The van der Waals surface area contributed by atoms with E-state index in [1.165, 1.54) is 5.56 Å². The predicted octanol–water partition coefficient (Wildman–Crippen LogP) is 2.88. The van der Waals surface area contributed by atoms with Gasteiger partial charge in [-0.2, -0.15) is 0 Å². The average Bonchev–Trinajstić information content (AvgIpc) is 2.54. The SMILES string of the molecule is Cc1ccc(OCC(=O)NCCOc2ccccc2)cc1C. The first-order valence-electron chi connectivity index (χ1n) is 7.30. The molecule has 0 aliphatic rings. The van der Waals surface area contributed by atoms with Crippen LogP contribution in [0, 0.1) is 13.8 Å². The van der Waals surface area contributed by atoms with Gasteiger partial charge in [0.1, 0.15) is 18.1 Å². The summed E-state index contributed by atoms with van der Waals surface area (Å²) in [5.41, 5.74) is 2.35. The first kappa shape index (κ1) is 15.9. The number of para-hydroxylation sites is 1. The normalized spacial score (nSPS) is 10.1. The fourth-order valence-electron chi connectivity index (χ4n) is 1.88. The highest BCUT2D eigenvalue weighted by Crippen LogP contribution is 2.16. The number of benzene rings is 2. The van der Waals surface area contributed by atoms with Crippen molar-refractivity contribution in [3.8, 4) is 11.5 Å². The first-order valence-corrected chi connectivity index (χ1v) is 7.30. The zero-order valence-electron chi connectivity index (χ0n) is 13.0. The molecule has 0 radical (unpaired) electrons. The second-order valence-electron chi connectivity index (χ2n) is 5.05. The molecule has 0 aromatic heterocycles. The van der Waals surface area contributed by atoms with Crippen molar-refractivity contribution in [1.29, 1.82) is 0 Å². The van der Waals surface area contributed by atoms with Gasteiger partial charge in [0.05, 0.1) is 6.54 Å². The summed E-state index contributed by atoms with van der Waals surface area (Å²) in [4.78, 5) is 11.7. The molecule has 0 aliphatic carbocycles. The maximum atomic E-state index is 11.7. The van der Waals surface area contributed by atoms with Crippen LogP contribution in [0.2, 0.25) is 0 Å². The number of amides is 1. The van der Waals surface area contributed by atoms with E-state index in [-0.39, 0.29) is 12.5 Å². The van der Waals surface area contributed by atoms with E-state index in [2.05, 4.69) is 5.32 Å². The number of nitrogens with one attached hydrogen (secondary N) is 1.